The summed E-state index contributed by atoms with van der Waals surface area (Å²) in [6.07, 6.45) is 3.51. The van der Waals surface area contributed by atoms with Gasteiger partial charge >= 0.3 is 0 Å². The topological polar surface area (TPSA) is 37.3 Å². The average molecular weight is 327 g/mol. The van der Waals surface area contributed by atoms with Gasteiger partial charge in [-0.25, -0.2) is 0 Å². The molecule has 1 atom stereocenters. The van der Waals surface area contributed by atoms with Gasteiger partial charge in [0.15, 0.2) is 0 Å². The lowest BCUT2D eigenvalue weighted by Gasteiger charge is -2.30. The summed E-state index contributed by atoms with van der Waals surface area (Å²) < 4.78 is 0.993. The molecule has 0 aliphatic rings. The minimum absolute atomic E-state index is 0.0605. The summed E-state index contributed by atoms with van der Waals surface area (Å²) >= 11 is 3.45. The van der Waals surface area contributed by atoms with Gasteiger partial charge in [-0.3, -0.25) is 0 Å². The maximum Gasteiger partial charge on any atom is 0.130 e. The summed E-state index contributed by atoms with van der Waals surface area (Å²) in [7, 11) is 0. The van der Waals surface area contributed by atoms with E-state index >= 15 is 0 Å². The van der Waals surface area contributed by atoms with Crippen LogP contribution in [0, 0.1) is 5.41 Å². The first-order valence-electron chi connectivity index (χ1n) is 6.66. The van der Waals surface area contributed by atoms with Crippen molar-refractivity contribution in [1.29, 1.82) is 0 Å². The summed E-state index contributed by atoms with van der Waals surface area (Å²) in [6, 6.07) is 7.93. The fourth-order valence-electron chi connectivity index (χ4n) is 2.14. The first kappa shape index (κ1) is 16.4. The lowest BCUT2D eigenvalue weighted by Crippen LogP contribution is -2.27. The molecular weight excluding hydrogens is 304 g/mol. The molecule has 1 unspecified atom stereocenters. The monoisotopic (exact) mass is 326 g/mol. The number of hydrogen-bond donors (Lipinski definition) is 1. The maximum absolute atomic E-state index is 11.5. The fraction of sp³-hybridized carbons (Fsp3) is 0.562. The Morgan fingerprint density at radius 2 is 1.89 bits per heavy atom. The van der Waals surface area contributed by atoms with Crippen LogP contribution in [-0.4, -0.2) is 18.0 Å². The Kier molecular flexibility index (Phi) is 5.75. The van der Waals surface area contributed by atoms with E-state index in [1.165, 1.54) is 0 Å². The molecule has 0 fully saturated rings. The summed E-state index contributed by atoms with van der Waals surface area (Å²) in [6.45, 7) is 6.45. The lowest BCUT2D eigenvalue weighted by atomic mass is 9.74. The van der Waals surface area contributed by atoms with Crippen LogP contribution in [0.2, 0.25) is 0 Å². The van der Waals surface area contributed by atoms with Gasteiger partial charge in [-0.1, -0.05) is 41.9 Å². The number of aliphatic hydroxyl groups excluding tert-OH is 1. The molecule has 0 bridgehead atoms. The first-order valence-corrected chi connectivity index (χ1v) is 7.45. The molecule has 1 N–H and O–H groups in total. The largest absolute Gasteiger partial charge is 0.396 e. The predicted molar refractivity (Wildman–Crippen MR) is 82.3 cm³/mol. The van der Waals surface area contributed by atoms with E-state index < -0.39 is 5.41 Å². The molecule has 1 aromatic carbocycles. The molecule has 0 aliphatic heterocycles. The first-order chi connectivity index (χ1) is 8.83. The molecule has 19 heavy (non-hydrogen) atoms. The highest BCUT2D eigenvalue weighted by molar-refractivity contribution is 9.10. The second-order valence-electron chi connectivity index (χ2n) is 6.18. The van der Waals surface area contributed by atoms with Crippen molar-refractivity contribution in [2.45, 2.75) is 45.4 Å². The highest BCUT2D eigenvalue weighted by Crippen LogP contribution is 2.35. The van der Waals surface area contributed by atoms with E-state index in [-0.39, 0.29) is 12.0 Å². The number of carbonyl (C=O) groups excluding carboxylic acids is 1. The van der Waals surface area contributed by atoms with Crippen molar-refractivity contribution in [2.75, 3.05) is 6.61 Å². The zero-order chi connectivity index (χ0) is 14.5. The summed E-state index contributed by atoms with van der Waals surface area (Å²) in [5.74, 6) is 0. The van der Waals surface area contributed by atoms with Crippen LogP contribution in [-0.2, 0) is 10.2 Å². The van der Waals surface area contributed by atoms with Gasteiger partial charge in [0.05, 0.1) is 0 Å². The molecule has 0 aliphatic carbocycles. The van der Waals surface area contributed by atoms with E-state index in [2.05, 4.69) is 29.8 Å². The number of carbonyl (C=O) groups is 1. The minimum Gasteiger partial charge on any atom is -0.396 e. The van der Waals surface area contributed by atoms with Crippen molar-refractivity contribution in [3.63, 3.8) is 0 Å². The number of halogens is 1. The summed E-state index contributed by atoms with van der Waals surface area (Å²) in [4.78, 5) is 11.5. The van der Waals surface area contributed by atoms with Crippen molar-refractivity contribution >= 4 is 22.2 Å². The molecular formula is C16H23BrO2. The van der Waals surface area contributed by atoms with Crippen molar-refractivity contribution in [2.24, 2.45) is 5.41 Å². The number of aldehydes is 1. The van der Waals surface area contributed by atoms with Crippen molar-refractivity contribution in [3.05, 3.63) is 34.3 Å². The predicted octanol–water partition coefficient (Wildman–Crippen LogP) is 4.09. The third kappa shape index (κ3) is 4.73. The Bertz CT molecular complexity index is 429. The van der Waals surface area contributed by atoms with Crippen LogP contribution in [0.15, 0.2) is 28.7 Å². The van der Waals surface area contributed by atoms with E-state index in [9.17, 15) is 4.79 Å². The second kappa shape index (κ2) is 6.67. The average Bonchev–Trinajstić information content (AvgIpc) is 2.36. The smallest absolute Gasteiger partial charge is 0.130 e. The molecule has 3 heteroatoms. The molecule has 0 saturated carbocycles. The number of aliphatic hydroxyl groups is 1. The minimum atomic E-state index is -0.462. The second-order valence-corrected chi connectivity index (χ2v) is 7.10. The van der Waals surface area contributed by atoms with E-state index in [4.69, 9.17) is 5.11 Å². The fourth-order valence-corrected chi connectivity index (χ4v) is 2.54. The van der Waals surface area contributed by atoms with E-state index in [1.54, 1.807) is 0 Å². The van der Waals surface area contributed by atoms with E-state index in [1.807, 2.05) is 31.2 Å². The number of benzene rings is 1. The highest BCUT2D eigenvalue weighted by Gasteiger charge is 2.29. The summed E-state index contributed by atoms with van der Waals surface area (Å²) in [5, 5.41) is 9.07. The van der Waals surface area contributed by atoms with Gasteiger partial charge in [0.25, 0.3) is 0 Å². The molecule has 0 saturated heterocycles. The van der Waals surface area contributed by atoms with Crippen LogP contribution in [0.4, 0.5) is 0 Å². The van der Waals surface area contributed by atoms with Gasteiger partial charge in [0.1, 0.15) is 6.29 Å². The van der Waals surface area contributed by atoms with Gasteiger partial charge in [-0.2, -0.15) is 0 Å². The quantitative estimate of drug-likeness (QED) is 0.766. The van der Waals surface area contributed by atoms with Crippen LogP contribution in [0.1, 0.15) is 45.6 Å². The number of rotatable bonds is 7. The van der Waals surface area contributed by atoms with Crippen molar-refractivity contribution in [1.82, 2.24) is 0 Å². The van der Waals surface area contributed by atoms with Gasteiger partial charge in [-0.15, -0.1) is 0 Å². The molecule has 1 rings (SSSR count). The molecule has 1 aromatic rings. The van der Waals surface area contributed by atoms with Crippen molar-refractivity contribution < 1.29 is 9.90 Å². The van der Waals surface area contributed by atoms with Crippen LogP contribution >= 0.6 is 15.9 Å². The Labute approximate surface area is 124 Å². The van der Waals surface area contributed by atoms with Crippen LogP contribution < -0.4 is 0 Å². The molecule has 106 valence electrons. The lowest BCUT2D eigenvalue weighted by molar-refractivity contribution is -0.112. The Morgan fingerprint density at radius 1 is 1.21 bits per heavy atom. The standard InChI is InChI=1S/C16H23BrO2/c1-15(2,9-10-18)7-8-16(3,12-19)13-5-4-6-14(17)11-13/h4-6,11-12,18H,7-10H2,1-3H3. The van der Waals surface area contributed by atoms with Crippen LogP contribution in [0.3, 0.4) is 0 Å². The maximum atomic E-state index is 11.5. The molecule has 0 heterocycles. The van der Waals surface area contributed by atoms with Crippen LogP contribution in [0.25, 0.3) is 0 Å². The molecule has 0 amide bonds. The van der Waals surface area contributed by atoms with E-state index in [0.717, 1.165) is 35.6 Å². The zero-order valence-corrected chi connectivity index (χ0v) is 13.5. The molecule has 2 nitrogen and oxygen atoms in total. The normalized spacial score (nSPS) is 15.0. The van der Waals surface area contributed by atoms with Gasteiger partial charge in [0.2, 0.25) is 0 Å². The Balaban J connectivity index is 2.84. The highest BCUT2D eigenvalue weighted by atomic mass is 79.9. The SMILES string of the molecule is CC(C)(CCO)CCC(C)(C=O)c1cccc(Br)c1. The van der Waals surface area contributed by atoms with E-state index in [0.29, 0.717) is 0 Å². The Hall–Kier alpha value is -0.670. The molecule has 0 radical (unpaired) electrons. The molecule has 0 spiro atoms. The number of hydrogen-bond acceptors (Lipinski definition) is 2. The molecule has 0 aromatic heterocycles. The Morgan fingerprint density at radius 3 is 2.42 bits per heavy atom. The van der Waals surface area contributed by atoms with Gasteiger partial charge in [0, 0.05) is 16.5 Å². The van der Waals surface area contributed by atoms with Crippen molar-refractivity contribution in [3.8, 4) is 0 Å². The van der Waals surface area contributed by atoms with Crippen LogP contribution in [0.5, 0.6) is 0 Å². The van der Waals surface area contributed by atoms with Gasteiger partial charge in [-0.05, 0) is 49.3 Å². The van der Waals surface area contributed by atoms with Gasteiger partial charge < -0.3 is 9.90 Å². The third-order valence-corrected chi connectivity index (χ3v) is 4.35. The zero-order valence-electron chi connectivity index (χ0n) is 11.9. The third-order valence-electron chi connectivity index (χ3n) is 3.85. The summed E-state index contributed by atoms with van der Waals surface area (Å²) in [5.41, 5.74) is 0.637.